The highest BCUT2D eigenvalue weighted by molar-refractivity contribution is 5.76. The van der Waals surface area contributed by atoms with Gasteiger partial charge in [-0.1, -0.05) is 0 Å². The van der Waals surface area contributed by atoms with Crippen LogP contribution in [0.4, 0.5) is 0 Å². The van der Waals surface area contributed by atoms with Crippen molar-refractivity contribution in [2.75, 3.05) is 0 Å². The topological polar surface area (TPSA) is 42.2 Å². The molecule has 1 rings (SSSR count). The van der Waals surface area contributed by atoms with Crippen LogP contribution in [0.15, 0.2) is 17.4 Å². The summed E-state index contributed by atoms with van der Waals surface area (Å²) in [6.45, 7) is 6.17. The highest BCUT2D eigenvalue weighted by Gasteiger charge is 2.05. The van der Waals surface area contributed by atoms with Crippen LogP contribution >= 0.6 is 0 Å². The Hall–Kier alpha value is -1.32. The molecular weight excluding hydrogens is 164 g/mol. The molecule has 0 radical (unpaired) electrons. The Bertz CT molecular complexity index is 293. The number of rotatable bonds is 2. The molecule has 0 unspecified atom stereocenters. The summed E-state index contributed by atoms with van der Waals surface area (Å²) in [5.41, 5.74) is 3.87. The highest BCUT2D eigenvalue weighted by atomic mass is 15.3. The van der Waals surface area contributed by atoms with Gasteiger partial charge in [0.05, 0.1) is 6.21 Å². The third-order valence-corrected chi connectivity index (χ3v) is 1.33. The molecular formula is C9H16N4. The second-order valence-corrected chi connectivity index (χ2v) is 4.03. The summed E-state index contributed by atoms with van der Waals surface area (Å²) in [6, 6.07) is 1.91. The maximum absolute atomic E-state index is 4.16. The van der Waals surface area contributed by atoms with E-state index >= 15 is 0 Å². The molecule has 1 aromatic rings. The minimum absolute atomic E-state index is 0.00524. The van der Waals surface area contributed by atoms with Gasteiger partial charge in [0, 0.05) is 18.8 Å². The second kappa shape index (κ2) is 3.60. The molecule has 13 heavy (non-hydrogen) atoms. The summed E-state index contributed by atoms with van der Waals surface area (Å²) in [5, 5.41) is 8.23. The maximum Gasteiger partial charge on any atom is 0.105 e. The summed E-state index contributed by atoms with van der Waals surface area (Å²) in [7, 11) is 1.88. The largest absolute Gasteiger partial charge is 0.305 e. The van der Waals surface area contributed by atoms with Gasteiger partial charge >= 0.3 is 0 Å². The zero-order chi connectivity index (χ0) is 9.90. The molecule has 1 aromatic heterocycles. The van der Waals surface area contributed by atoms with Crippen LogP contribution in [0.25, 0.3) is 0 Å². The lowest BCUT2D eigenvalue weighted by molar-refractivity contribution is 0.442. The van der Waals surface area contributed by atoms with Gasteiger partial charge in [0.2, 0.25) is 0 Å². The average molecular weight is 180 g/mol. The molecule has 0 saturated carbocycles. The molecule has 72 valence electrons. The summed E-state index contributed by atoms with van der Waals surface area (Å²) in [5.74, 6) is 0. The molecule has 1 N–H and O–H groups in total. The molecule has 0 aromatic carbocycles. The van der Waals surface area contributed by atoms with Gasteiger partial charge in [-0.05, 0) is 26.8 Å². The van der Waals surface area contributed by atoms with E-state index in [9.17, 15) is 0 Å². The van der Waals surface area contributed by atoms with Gasteiger partial charge in [-0.2, -0.15) is 10.2 Å². The van der Waals surface area contributed by atoms with Crippen molar-refractivity contribution in [2.24, 2.45) is 12.1 Å². The van der Waals surface area contributed by atoms with Crippen LogP contribution in [-0.2, 0) is 7.05 Å². The van der Waals surface area contributed by atoms with Crippen LogP contribution in [0.5, 0.6) is 0 Å². The molecule has 0 fully saturated rings. The molecule has 0 aliphatic carbocycles. The number of hydrogen-bond acceptors (Lipinski definition) is 3. The van der Waals surface area contributed by atoms with Crippen molar-refractivity contribution in [1.29, 1.82) is 0 Å². The number of nitrogens with zero attached hydrogens (tertiary/aromatic N) is 3. The Morgan fingerprint density at radius 3 is 2.69 bits per heavy atom. The smallest absolute Gasteiger partial charge is 0.105 e. The van der Waals surface area contributed by atoms with Crippen molar-refractivity contribution in [3.05, 3.63) is 18.0 Å². The zero-order valence-electron chi connectivity index (χ0n) is 8.57. The van der Waals surface area contributed by atoms with Crippen molar-refractivity contribution in [3.8, 4) is 0 Å². The van der Waals surface area contributed by atoms with Gasteiger partial charge in [-0.15, -0.1) is 0 Å². The molecule has 0 amide bonds. The van der Waals surface area contributed by atoms with Crippen LogP contribution in [0, 0.1) is 0 Å². The van der Waals surface area contributed by atoms with Crippen molar-refractivity contribution in [1.82, 2.24) is 15.2 Å². The molecule has 0 spiro atoms. The van der Waals surface area contributed by atoms with Gasteiger partial charge in [0.1, 0.15) is 5.69 Å². The van der Waals surface area contributed by atoms with Crippen LogP contribution in [-0.4, -0.2) is 21.5 Å². The Balaban J connectivity index is 2.50. The van der Waals surface area contributed by atoms with E-state index in [1.807, 2.05) is 19.3 Å². The van der Waals surface area contributed by atoms with E-state index in [2.05, 4.69) is 36.4 Å². The molecule has 0 saturated heterocycles. The fraction of sp³-hybridized carbons (Fsp3) is 0.556. The fourth-order valence-corrected chi connectivity index (χ4v) is 0.794. The van der Waals surface area contributed by atoms with E-state index in [0.29, 0.717) is 0 Å². The van der Waals surface area contributed by atoms with Crippen LogP contribution in [0.2, 0.25) is 0 Å². The van der Waals surface area contributed by atoms with E-state index < -0.39 is 0 Å². The van der Waals surface area contributed by atoms with Crippen LogP contribution in [0.3, 0.4) is 0 Å². The highest BCUT2D eigenvalue weighted by Crippen LogP contribution is 1.97. The first-order chi connectivity index (χ1) is 5.97. The second-order valence-electron chi connectivity index (χ2n) is 4.03. The Morgan fingerprint density at radius 1 is 1.54 bits per heavy atom. The van der Waals surface area contributed by atoms with Gasteiger partial charge in [0.15, 0.2) is 0 Å². The van der Waals surface area contributed by atoms with Crippen molar-refractivity contribution < 1.29 is 0 Å². The summed E-state index contributed by atoms with van der Waals surface area (Å²) in [6.07, 6.45) is 3.60. The van der Waals surface area contributed by atoms with Crippen molar-refractivity contribution >= 4 is 6.21 Å². The molecule has 0 aliphatic rings. The van der Waals surface area contributed by atoms with E-state index in [1.54, 1.807) is 10.9 Å². The molecule has 4 heteroatoms. The average Bonchev–Trinajstić information content (AvgIpc) is 2.33. The number of aromatic nitrogens is 2. The lowest BCUT2D eigenvalue weighted by Gasteiger charge is -2.16. The number of hydrazone groups is 1. The Morgan fingerprint density at radius 2 is 2.23 bits per heavy atom. The fourth-order valence-electron chi connectivity index (χ4n) is 0.794. The molecule has 1 heterocycles. The lowest BCUT2D eigenvalue weighted by atomic mass is 10.1. The van der Waals surface area contributed by atoms with Crippen LogP contribution in [0.1, 0.15) is 26.5 Å². The Labute approximate surface area is 78.6 Å². The van der Waals surface area contributed by atoms with E-state index in [-0.39, 0.29) is 5.54 Å². The molecule has 4 nitrogen and oxygen atoms in total. The minimum atomic E-state index is 0.00524. The SMILES string of the molecule is Cn1ccc(/C=N/NC(C)(C)C)n1. The van der Waals surface area contributed by atoms with Crippen LogP contribution < -0.4 is 5.43 Å². The van der Waals surface area contributed by atoms with Gasteiger partial charge in [0.25, 0.3) is 0 Å². The van der Waals surface area contributed by atoms with E-state index in [1.165, 1.54) is 0 Å². The molecule has 0 atom stereocenters. The first-order valence-corrected chi connectivity index (χ1v) is 4.27. The molecule has 0 bridgehead atoms. The van der Waals surface area contributed by atoms with Gasteiger partial charge in [-0.25, -0.2) is 0 Å². The monoisotopic (exact) mass is 180 g/mol. The Kier molecular flexibility index (Phi) is 2.70. The predicted octanol–water partition coefficient (Wildman–Crippen LogP) is 1.14. The maximum atomic E-state index is 4.16. The van der Waals surface area contributed by atoms with E-state index in [0.717, 1.165) is 5.69 Å². The first-order valence-electron chi connectivity index (χ1n) is 4.27. The van der Waals surface area contributed by atoms with Gasteiger partial charge in [-0.3, -0.25) is 4.68 Å². The summed E-state index contributed by atoms with van der Waals surface area (Å²) >= 11 is 0. The predicted molar refractivity (Wildman–Crippen MR) is 53.7 cm³/mol. The standard InChI is InChI=1S/C9H16N4/c1-9(2,3)12-10-7-8-5-6-13(4)11-8/h5-7,12H,1-4H3/b10-7+. The quantitative estimate of drug-likeness (QED) is 0.548. The van der Waals surface area contributed by atoms with E-state index in [4.69, 9.17) is 0 Å². The lowest BCUT2D eigenvalue weighted by Crippen LogP contribution is -2.31. The van der Waals surface area contributed by atoms with Gasteiger partial charge < -0.3 is 5.43 Å². The number of nitrogens with one attached hydrogen (secondary N) is 1. The minimum Gasteiger partial charge on any atom is -0.305 e. The molecule has 0 aliphatic heterocycles. The first kappa shape index (κ1) is 9.77. The summed E-state index contributed by atoms with van der Waals surface area (Å²) in [4.78, 5) is 0. The normalized spacial score (nSPS) is 12.3. The summed E-state index contributed by atoms with van der Waals surface area (Å²) < 4.78 is 1.75. The third kappa shape index (κ3) is 3.73. The third-order valence-electron chi connectivity index (χ3n) is 1.33. The number of hydrogen-bond donors (Lipinski definition) is 1. The van der Waals surface area contributed by atoms with Crippen molar-refractivity contribution in [2.45, 2.75) is 26.3 Å². The number of aryl methyl sites for hydroxylation is 1. The van der Waals surface area contributed by atoms with Crippen molar-refractivity contribution in [3.63, 3.8) is 0 Å². The zero-order valence-corrected chi connectivity index (χ0v) is 8.57.